The van der Waals surface area contributed by atoms with Gasteiger partial charge in [-0.2, -0.15) is 0 Å². The fourth-order valence-corrected chi connectivity index (χ4v) is 0.678. The normalized spacial score (nSPS) is 38.6. The second-order valence-corrected chi connectivity index (χ2v) is 2.17. The summed E-state index contributed by atoms with van der Waals surface area (Å²) in [6.07, 6.45) is 4.21. The Morgan fingerprint density at radius 2 is 2.14 bits per heavy atom. The molecule has 1 aliphatic rings. The average molecular weight is 97.2 g/mol. The van der Waals surface area contributed by atoms with Crippen LogP contribution in [0.5, 0.6) is 0 Å². The summed E-state index contributed by atoms with van der Waals surface area (Å²) in [7, 11) is 0. The highest BCUT2D eigenvalue weighted by molar-refractivity contribution is 4.98. The summed E-state index contributed by atoms with van der Waals surface area (Å²) in [5.74, 6) is 0.722. The van der Waals surface area contributed by atoms with Crippen LogP contribution in [-0.4, -0.2) is 6.04 Å². The van der Waals surface area contributed by atoms with Crippen LogP contribution in [0.1, 0.15) is 13.8 Å². The van der Waals surface area contributed by atoms with Gasteiger partial charge in [0.2, 0.25) is 0 Å². The van der Waals surface area contributed by atoms with Crippen molar-refractivity contribution in [2.45, 2.75) is 19.9 Å². The molecule has 1 rings (SSSR count). The van der Waals surface area contributed by atoms with Gasteiger partial charge in [-0.25, -0.2) is 0 Å². The van der Waals surface area contributed by atoms with Gasteiger partial charge in [-0.15, -0.1) is 0 Å². The van der Waals surface area contributed by atoms with E-state index in [-0.39, 0.29) is 0 Å². The second-order valence-electron chi connectivity index (χ2n) is 2.17. The number of hydrogen-bond donors (Lipinski definition) is 1. The van der Waals surface area contributed by atoms with Gasteiger partial charge in [-0.05, 0) is 19.0 Å². The highest BCUT2D eigenvalue weighted by Gasteiger charge is 2.10. The van der Waals surface area contributed by atoms with E-state index in [2.05, 4.69) is 25.2 Å². The first-order valence-electron chi connectivity index (χ1n) is 2.73. The van der Waals surface area contributed by atoms with Crippen molar-refractivity contribution in [2.75, 3.05) is 0 Å². The first kappa shape index (κ1) is 4.69. The number of rotatable bonds is 0. The van der Waals surface area contributed by atoms with Gasteiger partial charge < -0.3 is 5.32 Å². The molecule has 1 heterocycles. The van der Waals surface area contributed by atoms with Crippen molar-refractivity contribution in [3.63, 3.8) is 0 Å². The molecule has 40 valence electrons. The maximum Gasteiger partial charge on any atom is 0.0288 e. The van der Waals surface area contributed by atoms with Crippen molar-refractivity contribution in [3.8, 4) is 0 Å². The van der Waals surface area contributed by atoms with E-state index >= 15 is 0 Å². The molecule has 0 aliphatic carbocycles. The Morgan fingerprint density at radius 1 is 1.43 bits per heavy atom. The molecule has 1 aliphatic heterocycles. The van der Waals surface area contributed by atoms with Gasteiger partial charge in [-0.1, -0.05) is 13.0 Å². The summed E-state index contributed by atoms with van der Waals surface area (Å²) in [5.41, 5.74) is 0. The molecule has 7 heavy (non-hydrogen) atoms. The van der Waals surface area contributed by atoms with E-state index in [0.717, 1.165) is 5.92 Å². The lowest BCUT2D eigenvalue weighted by atomic mass is 10.1. The molecule has 0 unspecified atom stereocenters. The second kappa shape index (κ2) is 1.57. The van der Waals surface area contributed by atoms with Crippen LogP contribution >= 0.6 is 0 Å². The maximum atomic E-state index is 3.19. The molecule has 0 saturated heterocycles. The monoisotopic (exact) mass is 97.1 g/mol. The molecule has 1 nitrogen and oxygen atoms in total. The fraction of sp³-hybridized carbons (Fsp3) is 0.667. The largest absolute Gasteiger partial charge is 0.388 e. The van der Waals surface area contributed by atoms with Gasteiger partial charge in [0.25, 0.3) is 0 Å². The summed E-state index contributed by atoms with van der Waals surface area (Å²) < 4.78 is 0. The van der Waals surface area contributed by atoms with Crippen LogP contribution in [0.4, 0.5) is 0 Å². The van der Waals surface area contributed by atoms with Crippen LogP contribution in [0.15, 0.2) is 12.3 Å². The van der Waals surface area contributed by atoms with E-state index in [1.54, 1.807) is 0 Å². The molecule has 1 heteroatoms. The molecule has 0 radical (unpaired) electrons. The first-order valence-corrected chi connectivity index (χ1v) is 2.73. The van der Waals surface area contributed by atoms with Gasteiger partial charge >= 0.3 is 0 Å². The third-order valence-electron chi connectivity index (χ3n) is 1.55. The van der Waals surface area contributed by atoms with Crippen LogP contribution in [0.3, 0.4) is 0 Å². The summed E-state index contributed by atoms with van der Waals surface area (Å²) >= 11 is 0. The van der Waals surface area contributed by atoms with Crippen molar-refractivity contribution in [1.82, 2.24) is 5.32 Å². The lowest BCUT2D eigenvalue weighted by molar-refractivity contribution is 0.556. The highest BCUT2D eigenvalue weighted by Crippen LogP contribution is 2.08. The topological polar surface area (TPSA) is 12.0 Å². The zero-order valence-electron chi connectivity index (χ0n) is 4.81. The Hall–Kier alpha value is -0.460. The fourth-order valence-electron chi connectivity index (χ4n) is 0.678. The average Bonchev–Trinajstić information content (AvgIpc) is 1.91. The minimum Gasteiger partial charge on any atom is -0.388 e. The highest BCUT2D eigenvalue weighted by atomic mass is 14.9. The molecule has 2 atom stereocenters. The molecule has 0 spiro atoms. The van der Waals surface area contributed by atoms with Gasteiger partial charge in [0.1, 0.15) is 0 Å². The SMILES string of the molecule is C[C@@H]1C=CN[C@@H]1C. The van der Waals surface area contributed by atoms with Crippen molar-refractivity contribution in [1.29, 1.82) is 0 Å². The Morgan fingerprint density at radius 3 is 2.29 bits per heavy atom. The number of hydrogen-bond acceptors (Lipinski definition) is 1. The van der Waals surface area contributed by atoms with Gasteiger partial charge in [-0.3, -0.25) is 0 Å². The minimum absolute atomic E-state index is 0.653. The molecular weight excluding hydrogens is 86.1 g/mol. The van der Waals surface area contributed by atoms with E-state index in [0.29, 0.717) is 6.04 Å². The van der Waals surface area contributed by atoms with Crippen LogP contribution in [-0.2, 0) is 0 Å². The van der Waals surface area contributed by atoms with Crippen molar-refractivity contribution < 1.29 is 0 Å². The molecule has 0 amide bonds. The van der Waals surface area contributed by atoms with Crippen LogP contribution in [0.2, 0.25) is 0 Å². The lowest BCUT2D eigenvalue weighted by Crippen LogP contribution is -2.19. The number of nitrogens with one attached hydrogen (secondary N) is 1. The van der Waals surface area contributed by atoms with Gasteiger partial charge in [0.05, 0.1) is 0 Å². The predicted octanol–water partition coefficient (Wildman–Crippen LogP) is 1.13. The van der Waals surface area contributed by atoms with E-state index in [4.69, 9.17) is 0 Å². The van der Waals surface area contributed by atoms with Crippen LogP contribution in [0.25, 0.3) is 0 Å². The molecule has 0 aromatic heterocycles. The summed E-state index contributed by atoms with van der Waals surface area (Å²) in [6.45, 7) is 4.39. The Labute approximate surface area is 44.4 Å². The van der Waals surface area contributed by atoms with Crippen LogP contribution < -0.4 is 5.32 Å². The van der Waals surface area contributed by atoms with E-state index < -0.39 is 0 Å². The molecule has 0 fully saturated rings. The summed E-state index contributed by atoms with van der Waals surface area (Å²) in [5, 5.41) is 3.19. The van der Waals surface area contributed by atoms with Gasteiger partial charge in [0, 0.05) is 6.04 Å². The van der Waals surface area contributed by atoms with Crippen molar-refractivity contribution >= 4 is 0 Å². The predicted molar refractivity (Wildman–Crippen MR) is 30.9 cm³/mol. The van der Waals surface area contributed by atoms with Gasteiger partial charge in [0.15, 0.2) is 0 Å². The van der Waals surface area contributed by atoms with E-state index in [9.17, 15) is 0 Å². The molecule has 0 saturated carbocycles. The zero-order chi connectivity index (χ0) is 5.28. The summed E-state index contributed by atoms with van der Waals surface area (Å²) in [4.78, 5) is 0. The summed E-state index contributed by atoms with van der Waals surface area (Å²) in [6, 6.07) is 0.653. The van der Waals surface area contributed by atoms with Crippen molar-refractivity contribution in [2.24, 2.45) is 5.92 Å². The van der Waals surface area contributed by atoms with E-state index in [1.807, 2.05) is 6.20 Å². The third-order valence-corrected chi connectivity index (χ3v) is 1.55. The molecule has 1 N–H and O–H groups in total. The van der Waals surface area contributed by atoms with Crippen LogP contribution in [0, 0.1) is 5.92 Å². The maximum absolute atomic E-state index is 3.19. The molecule has 0 aromatic carbocycles. The zero-order valence-corrected chi connectivity index (χ0v) is 4.81. The Balaban J connectivity index is 2.45. The molecule has 0 bridgehead atoms. The lowest BCUT2D eigenvalue weighted by Gasteiger charge is -2.06. The molecular formula is C6H11N. The smallest absolute Gasteiger partial charge is 0.0288 e. The standard InChI is InChI=1S/C6H11N/c1-5-3-4-7-6(5)2/h3-7H,1-2H3/t5-,6-/m1/s1. The first-order chi connectivity index (χ1) is 3.30. The van der Waals surface area contributed by atoms with E-state index in [1.165, 1.54) is 0 Å². The Bertz CT molecular complexity index is 86.2. The van der Waals surface area contributed by atoms with Crippen molar-refractivity contribution in [3.05, 3.63) is 12.3 Å². The quantitative estimate of drug-likeness (QED) is 0.477. The minimum atomic E-state index is 0.653. The molecule has 0 aromatic rings. The third kappa shape index (κ3) is 0.763. The Kier molecular flexibility index (Phi) is 1.05.